The van der Waals surface area contributed by atoms with Crippen LogP contribution in [-0.2, 0) is 9.59 Å². The van der Waals surface area contributed by atoms with Crippen LogP contribution in [0.4, 0.5) is 5.69 Å². The number of hydrogen-bond acceptors (Lipinski definition) is 5. The third-order valence-corrected chi connectivity index (χ3v) is 4.20. The van der Waals surface area contributed by atoms with Crippen molar-refractivity contribution in [3.63, 3.8) is 0 Å². The van der Waals surface area contributed by atoms with E-state index in [2.05, 4.69) is 10.2 Å². The molecule has 0 amide bonds. The Morgan fingerprint density at radius 2 is 1.78 bits per heavy atom. The minimum absolute atomic E-state index is 0.293. The average Bonchev–Trinajstić information content (AvgIpc) is 3.13. The molecule has 1 aromatic heterocycles. The van der Waals surface area contributed by atoms with E-state index in [9.17, 15) is 19.8 Å². The SMILES string of the molecule is O=C(O)C1CCC(C(=O)O)N1c1cccc(-n2cn[nH]c2=S)c1. The van der Waals surface area contributed by atoms with Crippen LogP contribution in [0.2, 0.25) is 0 Å². The molecule has 2 atom stereocenters. The largest absolute Gasteiger partial charge is 0.480 e. The Balaban J connectivity index is 2.05. The van der Waals surface area contributed by atoms with Gasteiger partial charge in [-0.2, -0.15) is 5.10 Å². The van der Waals surface area contributed by atoms with Crippen LogP contribution in [0.15, 0.2) is 30.6 Å². The predicted molar refractivity (Wildman–Crippen MR) is 83.3 cm³/mol. The number of rotatable bonds is 4. The summed E-state index contributed by atoms with van der Waals surface area (Å²) in [6, 6.07) is 5.21. The third kappa shape index (κ3) is 2.70. The Morgan fingerprint density at radius 3 is 2.30 bits per heavy atom. The number of hydrogen-bond donors (Lipinski definition) is 3. The summed E-state index contributed by atoms with van der Waals surface area (Å²) in [6.45, 7) is 0. The molecule has 0 bridgehead atoms. The first-order valence-corrected chi connectivity index (χ1v) is 7.36. The van der Waals surface area contributed by atoms with E-state index in [1.54, 1.807) is 28.8 Å². The molecule has 120 valence electrons. The highest BCUT2D eigenvalue weighted by Crippen LogP contribution is 2.32. The molecule has 1 aromatic carbocycles. The van der Waals surface area contributed by atoms with E-state index in [0.717, 1.165) is 0 Å². The second-order valence-electron chi connectivity index (χ2n) is 5.24. The van der Waals surface area contributed by atoms with Crippen molar-refractivity contribution < 1.29 is 19.8 Å². The van der Waals surface area contributed by atoms with Crippen LogP contribution in [0.5, 0.6) is 0 Å². The minimum Gasteiger partial charge on any atom is -0.480 e. The summed E-state index contributed by atoms with van der Waals surface area (Å²) in [5, 5.41) is 25.2. The lowest BCUT2D eigenvalue weighted by Gasteiger charge is -2.28. The molecule has 0 radical (unpaired) electrons. The van der Waals surface area contributed by atoms with Gasteiger partial charge in [-0.1, -0.05) is 6.07 Å². The van der Waals surface area contributed by atoms with Gasteiger partial charge >= 0.3 is 11.9 Å². The smallest absolute Gasteiger partial charge is 0.326 e. The standard InChI is InChI=1S/C14H14N4O4S/c19-12(20)10-4-5-11(13(21)22)18(10)9-3-1-2-8(6-9)17-7-15-16-14(17)23/h1-3,6-7,10-11H,4-5H2,(H,16,23)(H,19,20)(H,21,22). The van der Waals surface area contributed by atoms with Gasteiger partial charge in [0.1, 0.15) is 18.4 Å². The fourth-order valence-electron chi connectivity index (χ4n) is 2.89. The Morgan fingerprint density at radius 1 is 1.17 bits per heavy atom. The van der Waals surface area contributed by atoms with E-state index in [0.29, 0.717) is 29.0 Å². The van der Waals surface area contributed by atoms with Gasteiger partial charge < -0.3 is 15.1 Å². The fourth-order valence-corrected chi connectivity index (χ4v) is 3.10. The highest BCUT2D eigenvalue weighted by atomic mass is 32.1. The van der Waals surface area contributed by atoms with Crippen LogP contribution in [0.25, 0.3) is 5.69 Å². The van der Waals surface area contributed by atoms with Crippen molar-refractivity contribution in [2.45, 2.75) is 24.9 Å². The van der Waals surface area contributed by atoms with E-state index in [-0.39, 0.29) is 0 Å². The first-order chi connectivity index (χ1) is 11.0. The summed E-state index contributed by atoms with van der Waals surface area (Å²) in [6.07, 6.45) is 2.10. The van der Waals surface area contributed by atoms with Crippen molar-refractivity contribution in [3.05, 3.63) is 35.4 Å². The predicted octanol–water partition coefficient (Wildman–Crippen LogP) is 1.44. The highest BCUT2D eigenvalue weighted by Gasteiger charge is 2.41. The number of carboxylic acids is 2. The molecule has 3 rings (SSSR count). The quantitative estimate of drug-likeness (QED) is 0.725. The van der Waals surface area contributed by atoms with Crippen molar-refractivity contribution in [1.29, 1.82) is 0 Å². The zero-order valence-corrected chi connectivity index (χ0v) is 12.7. The van der Waals surface area contributed by atoms with Crippen LogP contribution in [0.3, 0.4) is 0 Å². The summed E-state index contributed by atoms with van der Waals surface area (Å²) in [5.74, 6) is -2.06. The van der Waals surface area contributed by atoms with Gasteiger partial charge in [0.15, 0.2) is 4.77 Å². The summed E-state index contributed by atoms with van der Waals surface area (Å²) in [4.78, 5) is 24.3. The molecule has 1 saturated heterocycles. The first-order valence-electron chi connectivity index (χ1n) is 6.95. The van der Waals surface area contributed by atoms with Crippen LogP contribution in [-0.4, -0.2) is 49.0 Å². The van der Waals surface area contributed by atoms with Crippen molar-refractivity contribution in [2.75, 3.05) is 4.90 Å². The van der Waals surface area contributed by atoms with Crippen LogP contribution < -0.4 is 4.90 Å². The number of anilines is 1. The Kier molecular flexibility index (Phi) is 3.87. The molecule has 23 heavy (non-hydrogen) atoms. The van der Waals surface area contributed by atoms with Gasteiger partial charge in [-0.25, -0.2) is 9.59 Å². The Bertz CT molecular complexity index is 793. The lowest BCUT2D eigenvalue weighted by Crippen LogP contribution is -2.44. The molecule has 2 heterocycles. The molecular formula is C14H14N4O4S. The Labute approximate surface area is 136 Å². The van der Waals surface area contributed by atoms with Gasteiger partial charge in [-0.3, -0.25) is 9.67 Å². The zero-order valence-electron chi connectivity index (χ0n) is 11.9. The van der Waals surface area contributed by atoms with Gasteiger partial charge in [-0.05, 0) is 43.3 Å². The topological polar surface area (TPSA) is 111 Å². The van der Waals surface area contributed by atoms with E-state index in [1.807, 2.05) is 0 Å². The van der Waals surface area contributed by atoms with Crippen molar-refractivity contribution in [2.24, 2.45) is 0 Å². The molecule has 0 spiro atoms. The van der Waals surface area contributed by atoms with Crippen LogP contribution in [0.1, 0.15) is 12.8 Å². The number of aromatic amines is 1. The van der Waals surface area contributed by atoms with Gasteiger partial charge in [0, 0.05) is 5.69 Å². The summed E-state index contributed by atoms with van der Waals surface area (Å²) in [5.41, 5.74) is 1.21. The second kappa shape index (κ2) is 5.84. The number of benzene rings is 1. The molecule has 1 aliphatic heterocycles. The van der Waals surface area contributed by atoms with Gasteiger partial charge in [-0.15, -0.1) is 0 Å². The number of aromatic nitrogens is 3. The maximum atomic E-state index is 11.4. The molecule has 0 saturated carbocycles. The summed E-state index contributed by atoms with van der Waals surface area (Å²) >= 11 is 5.12. The lowest BCUT2D eigenvalue weighted by atomic mass is 10.2. The number of nitrogens with one attached hydrogen (secondary N) is 1. The summed E-state index contributed by atoms with van der Waals surface area (Å²) < 4.78 is 2.02. The van der Waals surface area contributed by atoms with Gasteiger partial charge in [0.25, 0.3) is 0 Å². The molecule has 2 unspecified atom stereocenters. The molecule has 9 heteroatoms. The number of carbonyl (C=O) groups is 2. The first kappa shape index (κ1) is 15.2. The van der Waals surface area contributed by atoms with E-state index in [4.69, 9.17) is 12.2 Å². The zero-order chi connectivity index (χ0) is 16.6. The molecule has 1 fully saturated rings. The van der Waals surface area contributed by atoms with Crippen molar-refractivity contribution in [1.82, 2.24) is 14.8 Å². The summed E-state index contributed by atoms with van der Waals surface area (Å²) in [7, 11) is 0. The maximum absolute atomic E-state index is 11.4. The normalized spacial score (nSPS) is 20.6. The number of carboxylic acid groups (broad SMARTS) is 2. The van der Waals surface area contributed by atoms with Crippen LogP contribution >= 0.6 is 12.2 Å². The second-order valence-corrected chi connectivity index (χ2v) is 5.63. The molecule has 1 aliphatic rings. The van der Waals surface area contributed by atoms with Gasteiger partial charge in [0.05, 0.1) is 5.69 Å². The molecule has 2 aromatic rings. The number of H-pyrrole nitrogens is 1. The lowest BCUT2D eigenvalue weighted by molar-refractivity contribution is -0.139. The average molecular weight is 334 g/mol. The van der Waals surface area contributed by atoms with E-state index >= 15 is 0 Å². The molecule has 0 aliphatic carbocycles. The maximum Gasteiger partial charge on any atom is 0.326 e. The fraction of sp³-hybridized carbons (Fsp3) is 0.286. The highest BCUT2D eigenvalue weighted by molar-refractivity contribution is 7.71. The molecule has 3 N–H and O–H groups in total. The minimum atomic E-state index is -1.03. The van der Waals surface area contributed by atoms with Crippen molar-refractivity contribution >= 4 is 29.8 Å². The Hall–Kier alpha value is -2.68. The third-order valence-electron chi connectivity index (χ3n) is 3.91. The van der Waals surface area contributed by atoms with Gasteiger partial charge in [0.2, 0.25) is 0 Å². The molecular weight excluding hydrogens is 320 g/mol. The number of nitrogens with zero attached hydrogens (tertiary/aromatic N) is 3. The van der Waals surface area contributed by atoms with Crippen LogP contribution in [0, 0.1) is 4.77 Å². The number of aliphatic carboxylic acids is 2. The van der Waals surface area contributed by atoms with Crippen molar-refractivity contribution in [3.8, 4) is 5.69 Å². The van der Waals surface area contributed by atoms with E-state index in [1.165, 1.54) is 11.2 Å². The monoisotopic (exact) mass is 334 g/mol. The van der Waals surface area contributed by atoms with E-state index < -0.39 is 24.0 Å². The molecule has 8 nitrogen and oxygen atoms in total.